The van der Waals surface area contributed by atoms with E-state index < -0.39 is 10.1 Å². The minimum atomic E-state index is -3.70. The normalized spacial score (nSPS) is 18.2. The number of benzene rings is 1. The predicted molar refractivity (Wildman–Crippen MR) is 86.8 cm³/mol. The highest BCUT2D eigenvalue weighted by Gasteiger charge is 2.26. The van der Waals surface area contributed by atoms with Crippen LogP contribution in [-0.4, -0.2) is 20.0 Å². The Labute approximate surface area is 135 Å². The Morgan fingerprint density at radius 2 is 2.00 bits per heavy atom. The molecular weight excluding hydrogens is 318 g/mol. The van der Waals surface area contributed by atoms with Crippen molar-refractivity contribution in [3.05, 3.63) is 45.4 Å². The van der Waals surface area contributed by atoms with Crippen LogP contribution in [0, 0.1) is 13.8 Å². The molecule has 4 nitrogen and oxygen atoms in total. The van der Waals surface area contributed by atoms with Gasteiger partial charge in [-0.3, -0.25) is 4.18 Å². The minimum absolute atomic E-state index is 0.0777. The van der Waals surface area contributed by atoms with E-state index in [4.69, 9.17) is 4.18 Å². The average Bonchev–Trinajstić information content (AvgIpc) is 2.86. The second-order valence-corrected chi connectivity index (χ2v) is 8.59. The first kappa shape index (κ1) is 15.6. The Morgan fingerprint density at radius 3 is 2.73 bits per heavy atom. The SMILES string of the molecule is Cc1ccc(S(=O)(=O)OCC2CCCc3sc(C)nc32)cc1. The number of rotatable bonds is 4. The van der Waals surface area contributed by atoms with Crippen molar-refractivity contribution in [2.75, 3.05) is 6.61 Å². The fourth-order valence-corrected chi connectivity index (χ4v) is 4.75. The molecule has 0 radical (unpaired) electrons. The molecule has 1 aliphatic rings. The molecule has 0 N–H and O–H groups in total. The van der Waals surface area contributed by atoms with Crippen molar-refractivity contribution in [1.29, 1.82) is 0 Å². The molecule has 2 aromatic rings. The number of aromatic nitrogens is 1. The van der Waals surface area contributed by atoms with Gasteiger partial charge in [-0.25, -0.2) is 4.98 Å². The van der Waals surface area contributed by atoms with Crippen LogP contribution in [0.2, 0.25) is 0 Å². The number of hydrogen-bond acceptors (Lipinski definition) is 5. The Balaban J connectivity index is 1.74. The Morgan fingerprint density at radius 1 is 1.27 bits per heavy atom. The summed E-state index contributed by atoms with van der Waals surface area (Å²) < 4.78 is 29.8. The van der Waals surface area contributed by atoms with Crippen LogP contribution >= 0.6 is 11.3 Å². The quantitative estimate of drug-likeness (QED) is 0.800. The summed E-state index contributed by atoms with van der Waals surface area (Å²) in [5, 5.41) is 1.04. The van der Waals surface area contributed by atoms with E-state index in [1.807, 2.05) is 13.8 Å². The molecule has 0 saturated heterocycles. The van der Waals surface area contributed by atoms with Gasteiger partial charge in [0.15, 0.2) is 0 Å². The topological polar surface area (TPSA) is 56.3 Å². The van der Waals surface area contributed by atoms with E-state index in [2.05, 4.69) is 4.98 Å². The standard InChI is InChI=1S/C16H19NO3S2/c1-11-6-8-14(9-7-11)22(18,19)20-10-13-4-3-5-15-16(13)17-12(2)21-15/h6-9,13H,3-5,10H2,1-2H3. The molecule has 0 bridgehead atoms. The van der Waals surface area contributed by atoms with Crippen LogP contribution in [0.3, 0.4) is 0 Å². The third-order valence-electron chi connectivity index (χ3n) is 3.91. The van der Waals surface area contributed by atoms with E-state index in [1.165, 1.54) is 4.88 Å². The highest BCUT2D eigenvalue weighted by Crippen LogP contribution is 2.35. The van der Waals surface area contributed by atoms with Crippen LogP contribution in [0.5, 0.6) is 0 Å². The maximum atomic E-state index is 12.3. The molecule has 1 aromatic carbocycles. The van der Waals surface area contributed by atoms with Crippen LogP contribution in [0.15, 0.2) is 29.2 Å². The molecule has 22 heavy (non-hydrogen) atoms. The molecule has 0 spiro atoms. The summed E-state index contributed by atoms with van der Waals surface area (Å²) in [6.07, 6.45) is 3.04. The fraction of sp³-hybridized carbons (Fsp3) is 0.438. The molecule has 118 valence electrons. The van der Waals surface area contributed by atoms with Gasteiger partial charge in [-0.2, -0.15) is 8.42 Å². The van der Waals surface area contributed by atoms with Gasteiger partial charge in [0.1, 0.15) is 0 Å². The van der Waals surface area contributed by atoms with Crippen LogP contribution in [0.25, 0.3) is 0 Å². The van der Waals surface area contributed by atoms with Crippen molar-refractivity contribution in [2.24, 2.45) is 0 Å². The van der Waals surface area contributed by atoms with Crippen LogP contribution in [0.1, 0.15) is 39.9 Å². The van der Waals surface area contributed by atoms with Gasteiger partial charge in [-0.15, -0.1) is 11.3 Å². The van der Waals surface area contributed by atoms with Crippen molar-refractivity contribution in [2.45, 2.75) is 43.9 Å². The van der Waals surface area contributed by atoms with Gasteiger partial charge in [0, 0.05) is 10.8 Å². The summed E-state index contributed by atoms with van der Waals surface area (Å²) in [7, 11) is -3.70. The molecule has 1 aliphatic carbocycles. The summed E-state index contributed by atoms with van der Waals surface area (Å²) in [6, 6.07) is 6.73. The second-order valence-electron chi connectivity index (χ2n) is 5.68. The Hall–Kier alpha value is -1.24. The van der Waals surface area contributed by atoms with E-state index in [-0.39, 0.29) is 17.4 Å². The first-order valence-corrected chi connectivity index (χ1v) is 9.60. The van der Waals surface area contributed by atoms with Crippen molar-refractivity contribution in [1.82, 2.24) is 4.98 Å². The highest BCUT2D eigenvalue weighted by atomic mass is 32.2. The first-order valence-electron chi connectivity index (χ1n) is 7.38. The number of thiazole rings is 1. The number of fused-ring (bicyclic) bond motifs is 1. The van der Waals surface area contributed by atoms with Gasteiger partial charge < -0.3 is 0 Å². The van der Waals surface area contributed by atoms with Crippen LogP contribution in [0.4, 0.5) is 0 Å². The molecule has 0 aliphatic heterocycles. The van der Waals surface area contributed by atoms with Crippen molar-refractivity contribution in [3.8, 4) is 0 Å². The van der Waals surface area contributed by atoms with E-state index >= 15 is 0 Å². The smallest absolute Gasteiger partial charge is 0.266 e. The molecule has 1 unspecified atom stereocenters. The van der Waals surface area contributed by atoms with Gasteiger partial charge in [-0.05, 0) is 45.2 Å². The van der Waals surface area contributed by atoms with Crippen LogP contribution in [-0.2, 0) is 20.7 Å². The molecule has 1 atom stereocenters. The second kappa shape index (κ2) is 6.10. The summed E-state index contributed by atoms with van der Waals surface area (Å²) in [5.74, 6) is 0.0777. The van der Waals surface area contributed by atoms with Gasteiger partial charge in [-0.1, -0.05) is 17.7 Å². The lowest BCUT2D eigenvalue weighted by atomic mass is 9.92. The molecule has 0 amide bonds. The predicted octanol–water partition coefficient (Wildman–Crippen LogP) is 3.59. The Kier molecular flexibility index (Phi) is 4.34. The van der Waals surface area contributed by atoms with Crippen LogP contribution < -0.4 is 0 Å². The molecule has 6 heteroatoms. The van der Waals surface area contributed by atoms with Gasteiger partial charge in [0.25, 0.3) is 10.1 Å². The lowest BCUT2D eigenvalue weighted by molar-refractivity contribution is 0.276. The number of nitrogens with zero attached hydrogens (tertiary/aromatic N) is 1. The molecule has 1 heterocycles. The fourth-order valence-electron chi connectivity index (χ4n) is 2.74. The van der Waals surface area contributed by atoms with Gasteiger partial charge in [0.05, 0.1) is 22.2 Å². The van der Waals surface area contributed by atoms with E-state index in [0.717, 1.165) is 35.5 Å². The molecule has 3 rings (SSSR count). The summed E-state index contributed by atoms with van der Waals surface area (Å²) >= 11 is 1.71. The summed E-state index contributed by atoms with van der Waals surface area (Å²) in [4.78, 5) is 6.06. The lowest BCUT2D eigenvalue weighted by Crippen LogP contribution is -2.17. The molecular formula is C16H19NO3S2. The highest BCUT2D eigenvalue weighted by molar-refractivity contribution is 7.86. The average molecular weight is 337 g/mol. The van der Waals surface area contributed by atoms with Crippen molar-refractivity contribution >= 4 is 21.5 Å². The van der Waals surface area contributed by atoms with Gasteiger partial charge in [0.2, 0.25) is 0 Å². The Bertz CT molecular complexity index is 763. The monoisotopic (exact) mass is 337 g/mol. The third-order valence-corrected chi connectivity index (χ3v) is 6.25. The van der Waals surface area contributed by atoms with Crippen molar-refractivity contribution in [3.63, 3.8) is 0 Å². The summed E-state index contributed by atoms with van der Waals surface area (Å²) in [5.41, 5.74) is 2.06. The zero-order valence-electron chi connectivity index (χ0n) is 12.7. The number of hydrogen-bond donors (Lipinski definition) is 0. The summed E-state index contributed by atoms with van der Waals surface area (Å²) in [6.45, 7) is 4.09. The van der Waals surface area contributed by atoms with Gasteiger partial charge >= 0.3 is 0 Å². The number of aryl methyl sites for hydroxylation is 3. The largest absolute Gasteiger partial charge is 0.296 e. The molecule has 0 saturated carbocycles. The van der Waals surface area contributed by atoms with E-state index in [0.29, 0.717) is 0 Å². The van der Waals surface area contributed by atoms with E-state index in [9.17, 15) is 8.42 Å². The minimum Gasteiger partial charge on any atom is -0.266 e. The van der Waals surface area contributed by atoms with E-state index in [1.54, 1.807) is 35.6 Å². The third kappa shape index (κ3) is 3.24. The maximum Gasteiger partial charge on any atom is 0.296 e. The molecule has 0 fully saturated rings. The lowest BCUT2D eigenvalue weighted by Gasteiger charge is -2.20. The maximum absolute atomic E-state index is 12.3. The zero-order valence-corrected chi connectivity index (χ0v) is 14.3. The molecule has 1 aromatic heterocycles. The van der Waals surface area contributed by atoms with Crippen molar-refractivity contribution < 1.29 is 12.6 Å². The zero-order chi connectivity index (χ0) is 15.7. The first-order chi connectivity index (χ1) is 10.5.